The molecule has 1 atom stereocenters. The van der Waals surface area contributed by atoms with Crippen molar-refractivity contribution in [2.24, 2.45) is 5.92 Å². The molecule has 1 N–H and O–H groups in total. The summed E-state index contributed by atoms with van der Waals surface area (Å²) in [5, 5.41) is 14.1. The lowest BCUT2D eigenvalue weighted by Crippen LogP contribution is -2.39. The number of halogens is 3. The fraction of sp³-hybridized carbons (Fsp3) is 0.391. The number of esters is 1. The molecule has 1 saturated heterocycles. The van der Waals surface area contributed by atoms with Crippen LogP contribution in [0.4, 0.5) is 30.2 Å². The molecule has 0 spiro atoms. The zero-order chi connectivity index (χ0) is 25.0. The van der Waals surface area contributed by atoms with Crippen molar-refractivity contribution in [3.05, 3.63) is 63.7 Å². The van der Waals surface area contributed by atoms with E-state index in [0.717, 1.165) is 17.7 Å². The maximum absolute atomic E-state index is 12.9. The van der Waals surface area contributed by atoms with Gasteiger partial charge in [0.1, 0.15) is 5.69 Å². The molecule has 34 heavy (non-hydrogen) atoms. The average Bonchev–Trinajstić information content (AvgIpc) is 2.79. The number of hydrogen-bond donors (Lipinski definition) is 1. The van der Waals surface area contributed by atoms with Gasteiger partial charge < -0.3 is 15.0 Å². The van der Waals surface area contributed by atoms with Gasteiger partial charge in [-0.3, -0.25) is 19.7 Å². The lowest BCUT2D eigenvalue weighted by atomic mass is 9.96. The number of aryl methyl sites for hydroxylation is 1. The minimum Gasteiger partial charge on any atom is -0.452 e. The van der Waals surface area contributed by atoms with Gasteiger partial charge in [0.05, 0.1) is 16.4 Å². The molecule has 11 heteroatoms. The number of carbonyl (C=O) groups is 2. The number of carbonyl (C=O) groups excluding carboxylic acids is 2. The second kappa shape index (κ2) is 10.1. The predicted octanol–water partition coefficient (Wildman–Crippen LogP) is 4.71. The first-order valence-electron chi connectivity index (χ1n) is 10.6. The molecule has 0 aromatic heterocycles. The Morgan fingerprint density at radius 3 is 2.41 bits per heavy atom. The van der Waals surface area contributed by atoms with Gasteiger partial charge in [-0.05, 0) is 50.5 Å². The first-order valence-corrected chi connectivity index (χ1v) is 10.6. The molecular weight excluding hydrogens is 455 g/mol. The number of amides is 1. The Morgan fingerprint density at radius 2 is 1.82 bits per heavy atom. The van der Waals surface area contributed by atoms with Crippen LogP contribution < -0.4 is 10.2 Å². The number of anilines is 2. The summed E-state index contributed by atoms with van der Waals surface area (Å²) >= 11 is 0. The molecule has 1 aliphatic heterocycles. The van der Waals surface area contributed by atoms with Crippen LogP contribution in [0.3, 0.4) is 0 Å². The second-order valence-electron chi connectivity index (χ2n) is 8.10. The Morgan fingerprint density at radius 1 is 1.18 bits per heavy atom. The summed E-state index contributed by atoms with van der Waals surface area (Å²) in [7, 11) is 0. The molecule has 8 nitrogen and oxygen atoms in total. The van der Waals surface area contributed by atoms with Crippen molar-refractivity contribution in [3.8, 4) is 0 Å². The Hall–Kier alpha value is -3.63. The van der Waals surface area contributed by atoms with E-state index in [4.69, 9.17) is 4.74 Å². The van der Waals surface area contributed by atoms with Crippen LogP contribution >= 0.6 is 0 Å². The molecule has 0 saturated carbocycles. The highest BCUT2D eigenvalue weighted by Gasteiger charge is 2.35. The summed E-state index contributed by atoms with van der Waals surface area (Å²) in [6, 6.07) is 9.58. The van der Waals surface area contributed by atoms with Gasteiger partial charge in [0.2, 0.25) is 0 Å². The van der Waals surface area contributed by atoms with E-state index in [2.05, 4.69) is 5.32 Å². The Labute approximate surface area is 193 Å². The molecule has 1 fully saturated rings. The minimum atomic E-state index is -4.69. The highest BCUT2D eigenvalue weighted by Crippen LogP contribution is 2.37. The molecule has 1 amide bonds. The summed E-state index contributed by atoms with van der Waals surface area (Å²) in [5.74, 6) is -1.56. The topological polar surface area (TPSA) is 102 Å². The first-order chi connectivity index (χ1) is 16.0. The third-order valence-corrected chi connectivity index (χ3v) is 5.73. The number of nitro groups is 1. The van der Waals surface area contributed by atoms with Crippen molar-refractivity contribution in [1.82, 2.24) is 0 Å². The van der Waals surface area contributed by atoms with Crippen molar-refractivity contribution in [3.63, 3.8) is 0 Å². The van der Waals surface area contributed by atoms with Crippen LogP contribution in [-0.2, 0) is 20.5 Å². The molecule has 0 bridgehead atoms. The molecule has 3 rings (SSSR count). The van der Waals surface area contributed by atoms with Crippen molar-refractivity contribution in [2.75, 3.05) is 23.3 Å². The number of nitrogens with zero attached hydrogens (tertiary/aromatic N) is 2. The molecule has 2 aromatic rings. The summed E-state index contributed by atoms with van der Waals surface area (Å²) in [5.41, 5.74) is -0.200. The molecule has 0 aliphatic carbocycles. The maximum Gasteiger partial charge on any atom is 0.416 e. The average molecular weight is 479 g/mol. The van der Waals surface area contributed by atoms with Crippen molar-refractivity contribution in [2.45, 2.75) is 39.0 Å². The van der Waals surface area contributed by atoms with Crippen LogP contribution in [0, 0.1) is 23.0 Å². The molecule has 182 valence electrons. The number of rotatable bonds is 6. The highest BCUT2D eigenvalue weighted by atomic mass is 19.4. The quantitative estimate of drug-likeness (QED) is 0.366. The van der Waals surface area contributed by atoms with Crippen LogP contribution in [0.1, 0.15) is 30.9 Å². The standard InChI is InChI=1S/C23H24F3N3O5/c1-14-5-3-4-6-18(14)27-21(30)15(2)34-22(31)16-9-11-28(12-10-16)19-8-7-17(23(24,25)26)13-20(19)29(32)33/h3-8,13,15-16H,9-12H2,1-2H3,(H,27,30). The van der Waals surface area contributed by atoms with E-state index in [1.165, 1.54) is 6.92 Å². The van der Waals surface area contributed by atoms with Crippen molar-refractivity contribution in [1.29, 1.82) is 0 Å². The zero-order valence-electron chi connectivity index (χ0n) is 18.6. The fourth-order valence-electron chi connectivity index (χ4n) is 3.74. The third-order valence-electron chi connectivity index (χ3n) is 5.73. The Balaban J connectivity index is 1.59. The number of alkyl halides is 3. The SMILES string of the molecule is Cc1ccccc1NC(=O)C(C)OC(=O)C1CCN(c2ccc(C(F)(F)F)cc2[N+](=O)[O-])CC1. The maximum atomic E-state index is 12.9. The van der Waals surface area contributed by atoms with Crippen molar-refractivity contribution >= 4 is 28.9 Å². The van der Waals surface area contributed by atoms with Crippen LogP contribution in [0.25, 0.3) is 0 Å². The van der Waals surface area contributed by atoms with E-state index in [9.17, 15) is 32.9 Å². The number of piperidine rings is 1. The highest BCUT2D eigenvalue weighted by molar-refractivity contribution is 5.95. The number of ether oxygens (including phenoxy) is 1. The van der Waals surface area contributed by atoms with E-state index in [1.807, 2.05) is 19.1 Å². The van der Waals surface area contributed by atoms with E-state index < -0.39 is 46.2 Å². The first kappa shape index (κ1) is 25.0. The molecule has 1 heterocycles. The van der Waals surface area contributed by atoms with E-state index in [1.54, 1.807) is 17.0 Å². The van der Waals surface area contributed by atoms with Gasteiger partial charge in [-0.2, -0.15) is 13.2 Å². The zero-order valence-corrected chi connectivity index (χ0v) is 18.6. The van der Waals surface area contributed by atoms with Gasteiger partial charge in [-0.1, -0.05) is 18.2 Å². The lowest BCUT2D eigenvalue weighted by molar-refractivity contribution is -0.384. The number of nitrogens with one attached hydrogen (secondary N) is 1. The largest absolute Gasteiger partial charge is 0.452 e. The Bertz CT molecular complexity index is 1080. The monoisotopic (exact) mass is 479 g/mol. The number of nitro benzene ring substituents is 1. The number of para-hydroxylation sites is 1. The fourth-order valence-corrected chi connectivity index (χ4v) is 3.74. The number of benzene rings is 2. The van der Waals surface area contributed by atoms with Crippen LogP contribution in [-0.4, -0.2) is 36.0 Å². The normalized spacial score (nSPS) is 15.5. The predicted molar refractivity (Wildman–Crippen MR) is 118 cm³/mol. The van der Waals surface area contributed by atoms with E-state index in [-0.39, 0.29) is 31.6 Å². The van der Waals surface area contributed by atoms with Gasteiger partial charge in [-0.15, -0.1) is 0 Å². The van der Waals surface area contributed by atoms with E-state index in [0.29, 0.717) is 11.8 Å². The van der Waals surface area contributed by atoms with Gasteiger partial charge in [0, 0.05) is 24.8 Å². The molecule has 1 aliphatic rings. The summed E-state index contributed by atoms with van der Waals surface area (Å²) in [6.45, 7) is 3.73. The Kier molecular flexibility index (Phi) is 7.43. The van der Waals surface area contributed by atoms with Gasteiger partial charge in [0.15, 0.2) is 6.10 Å². The van der Waals surface area contributed by atoms with Crippen LogP contribution in [0.15, 0.2) is 42.5 Å². The van der Waals surface area contributed by atoms with Gasteiger partial charge >= 0.3 is 12.1 Å². The molecule has 1 unspecified atom stereocenters. The minimum absolute atomic E-state index is 0.0656. The molecule has 0 radical (unpaired) electrons. The second-order valence-corrected chi connectivity index (χ2v) is 8.10. The van der Waals surface area contributed by atoms with Gasteiger partial charge in [0.25, 0.3) is 11.6 Å². The van der Waals surface area contributed by atoms with Crippen LogP contribution in [0.5, 0.6) is 0 Å². The summed E-state index contributed by atoms with van der Waals surface area (Å²) in [6.07, 6.45) is -5.16. The van der Waals surface area contributed by atoms with Crippen LogP contribution in [0.2, 0.25) is 0 Å². The third kappa shape index (κ3) is 5.83. The number of hydrogen-bond acceptors (Lipinski definition) is 6. The molecular formula is C23H24F3N3O5. The summed E-state index contributed by atoms with van der Waals surface area (Å²) in [4.78, 5) is 37.0. The van der Waals surface area contributed by atoms with Crippen molar-refractivity contribution < 1.29 is 32.4 Å². The molecule has 2 aromatic carbocycles. The summed E-state index contributed by atoms with van der Waals surface area (Å²) < 4.78 is 44.1. The lowest BCUT2D eigenvalue weighted by Gasteiger charge is -2.32. The smallest absolute Gasteiger partial charge is 0.416 e. The van der Waals surface area contributed by atoms with Gasteiger partial charge in [-0.25, -0.2) is 0 Å². The van der Waals surface area contributed by atoms with E-state index >= 15 is 0 Å².